The molecule has 1 aromatic carbocycles. The molecule has 0 heterocycles. The minimum absolute atomic E-state index is 0.0693. The van der Waals surface area contributed by atoms with Gasteiger partial charge in [0, 0.05) is 13.2 Å². The van der Waals surface area contributed by atoms with Gasteiger partial charge in [0.05, 0.1) is 16.0 Å². The molecular weight excluding hydrogens is 238 g/mol. The topological polar surface area (TPSA) is 52.4 Å². The van der Waals surface area contributed by atoms with Gasteiger partial charge in [-0.15, -0.1) is 0 Å². The molecule has 1 rings (SSSR count). The Labute approximate surface area is 83.8 Å². The number of nitrogens with zero attached hydrogens (tertiary/aromatic N) is 1. The number of rotatable bonds is 3. The van der Waals surface area contributed by atoms with Crippen molar-refractivity contribution in [1.29, 1.82) is 0 Å². The molecule has 0 radical (unpaired) electrons. The smallest absolute Gasteiger partial charge is 0.283 e. The van der Waals surface area contributed by atoms with Gasteiger partial charge < -0.3 is 4.74 Å². The van der Waals surface area contributed by atoms with Crippen molar-refractivity contribution in [2.75, 3.05) is 7.11 Å². The fraction of sp³-hybridized carbons (Fsp3) is 0.250. The highest BCUT2D eigenvalue weighted by atomic mass is 79.9. The molecule has 4 nitrogen and oxygen atoms in total. The Balaban J connectivity index is 2.98. The van der Waals surface area contributed by atoms with Crippen LogP contribution in [-0.4, -0.2) is 12.0 Å². The first kappa shape index (κ1) is 10.1. The zero-order valence-corrected chi connectivity index (χ0v) is 8.58. The van der Waals surface area contributed by atoms with E-state index in [4.69, 9.17) is 4.74 Å². The van der Waals surface area contributed by atoms with Gasteiger partial charge in [0.1, 0.15) is 0 Å². The Morgan fingerprint density at radius 2 is 2.31 bits per heavy atom. The van der Waals surface area contributed by atoms with E-state index in [-0.39, 0.29) is 5.69 Å². The molecule has 0 aromatic heterocycles. The van der Waals surface area contributed by atoms with Crippen molar-refractivity contribution in [1.82, 2.24) is 0 Å². The third kappa shape index (κ3) is 2.50. The fourth-order valence-corrected chi connectivity index (χ4v) is 1.53. The molecule has 5 heteroatoms. The van der Waals surface area contributed by atoms with E-state index in [9.17, 15) is 10.1 Å². The lowest BCUT2D eigenvalue weighted by molar-refractivity contribution is -0.385. The van der Waals surface area contributed by atoms with E-state index >= 15 is 0 Å². The maximum atomic E-state index is 10.4. The van der Waals surface area contributed by atoms with Gasteiger partial charge in [0.25, 0.3) is 5.69 Å². The molecular formula is C8H8BrNO3. The molecule has 0 aliphatic rings. The van der Waals surface area contributed by atoms with Crippen LogP contribution in [0.1, 0.15) is 5.56 Å². The van der Waals surface area contributed by atoms with Gasteiger partial charge in [-0.3, -0.25) is 10.1 Å². The molecule has 0 amide bonds. The van der Waals surface area contributed by atoms with E-state index in [1.165, 1.54) is 6.07 Å². The van der Waals surface area contributed by atoms with Crippen LogP contribution in [0.25, 0.3) is 0 Å². The minimum Gasteiger partial charge on any atom is -0.380 e. The maximum absolute atomic E-state index is 10.4. The minimum atomic E-state index is -0.430. The van der Waals surface area contributed by atoms with Gasteiger partial charge in [0.15, 0.2) is 0 Å². The molecule has 0 saturated heterocycles. The van der Waals surface area contributed by atoms with Crippen LogP contribution in [0.2, 0.25) is 0 Å². The highest BCUT2D eigenvalue weighted by molar-refractivity contribution is 9.10. The summed E-state index contributed by atoms with van der Waals surface area (Å²) in [5.41, 5.74) is 0.972. The van der Waals surface area contributed by atoms with Crippen LogP contribution in [0.4, 0.5) is 5.69 Å². The first-order valence-electron chi connectivity index (χ1n) is 3.57. The van der Waals surface area contributed by atoms with Crippen molar-refractivity contribution in [2.24, 2.45) is 0 Å². The molecule has 0 aliphatic heterocycles. The standard InChI is InChI=1S/C8H8BrNO3/c1-13-5-6-2-3-8(10(11)12)7(9)4-6/h2-4H,5H2,1H3. The highest BCUT2D eigenvalue weighted by Crippen LogP contribution is 2.25. The number of nitro benzene ring substituents is 1. The van der Waals surface area contributed by atoms with Crippen molar-refractivity contribution in [3.63, 3.8) is 0 Å². The van der Waals surface area contributed by atoms with Gasteiger partial charge >= 0.3 is 0 Å². The number of nitro groups is 1. The van der Waals surface area contributed by atoms with Crippen molar-refractivity contribution in [2.45, 2.75) is 6.61 Å². The molecule has 0 N–H and O–H groups in total. The Morgan fingerprint density at radius 3 is 2.77 bits per heavy atom. The van der Waals surface area contributed by atoms with E-state index in [0.717, 1.165) is 5.56 Å². The van der Waals surface area contributed by atoms with Crippen LogP contribution >= 0.6 is 15.9 Å². The van der Waals surface area contributed by atoms with Gasteiger partial charge in [-0.2, -0.15) is 0 Å². The van der Waals surface area contributed by atoms with Gasteiger partial charge in [-0.05, 0) is 33.6 Å². The maximum Gasteiger partial charge on any atom is 0.283 e. The SMILES string of the molecule is COCc1ccc([N+](=O)[O-])c(Br)c1. The van der Waals surface area contributed by atoms with Crippen LogP contribution in [0.3, 0.4) is 0 Å². The van der Waals surface area contributed by atoms with E-state index in [0.29, 0.717) is 11.1 Å². The summed E-state index contributed by atoms with van der Waals surface area (Å²) in [5, 5.41) is 10.4. The number of methoxy groups -OCH3 is 1. The van der Waals surface area contributed by atoms with Gasteiger partial charge in [0.2, 0.25) is 0 Å². The second-order valence-corrected chi connectivity index (χ2v) is 3.33. The number of hydrogen-bond acceptors (Lipinski definition) is 3. The van der Waals surface area contributed by atoms with Crippen molar-refractivity contribution in [3.8, 4) is 0 Å². The molecule has 0 aliphatic carbocycles. The van der Waals surface area contributed by atoms with Crippen LogP contribution in [0, 0.1) is 10.1 Å². The summed E-state index contributed by atoms with van der Waals surface area (Å²) in [4.78, 5) is 10.0. The average molecular weight is 246 g/mol. The first-order valence-corrected chi connectivity index (χ1v) is 4.36. The molecule has 0 saturated carbocycles. The lowest BCUT2D eigenvalue weighted by Crippen LogP contribution is -1.92. The summed E-state index contributed by atoms with van der Waals surface area (Å²) < 4.78 is 5.37. The summed E-state index contributed by atoms with van der Waals surface area (Å²) in [5.74, 6) is 0. The lowest BCUT2D eigenvalue weighted by Gasteiger charge is -2.00. The zero-order valence-electron chi connectivity index (χ0n) is 6.99. The number of hydrogen-bond donors (Lipinski definition) is 0. The molecule has 0 spiro atoms. The number of halogens is 1. The van der Waals surface area contributed by atoms with Crippen LogP contribution in [0.5, 0.6) is 0 Å². The van der Waals surface area contributed by atoms with Crippen LogP contribution in [-0.2, 0) is 11.3 Å². The second kappa shape index (κ2) is 4.34. The lowest BCUT2D eigenvalue weighted by atomic mass is 10.2. The van der Waals surface area contributed by atoms with Gasteiger partial charge in [-0.1, -0.05) is 0 Å². The Hall–Kier alpha value is -0.940. The monoisotopic (exact) mass is 245 g/mol. The predicted molar refractivity (Wildman–Crippen MR) is 51.5 cm³/mol. The predicted octanol–water partition coefficient (Wildman–Crippen LogP) is 2.50. The van der Waals surface area contributed by atoms with E-state index < -0.39 is 4.92 Å². The van der Waals surface area contributed by atoms with Gasteiger partial charge in [-0.25, -0.2) is 0 Å². The average Bonchev–Trinajstić information content (AvgIpc) is 2.04. The van der Waals surface area contributed by atoms with Crippen LogP contribution in [0.15, 0.2) is 22.7 Å². The molecule has 0 unspecified atom stereocenters. The summed E-state index contributed by atoms with van der Waals surface area (Å²) in [7, 11) is 1.58. The largest absolute Gasteiger partial charge is 0.380 e. The Kier molecular flexibility index (Phi) is 3.39. The highest BCUT2D eigenvalue weighted by Gasteiger charge is 2.10. The molecule has 1 aromatic rings. The summed E-state index contributed by atoms with van der Waals surface area (Å²) in [6.07, 6.45) is 0. The van der Waals surface area contributed by atoms with Crippen molar-refractivity contribution >= 4 is 21.6 Å². The molecule has 0 fully saturated rings. The third-order valence-electron chi connectivity index (χ3n) is 1.52. The first-order chi connectivity index (χ1) is 6.15. The van der Waals surface area contributed by atoms with E-state index in [2.05, 4.69) is 15.9 Å². The molecule has 0 bridgehead atoms. The summed E-state index contributed by atoms with van der Waals surface area (Å²) in [6.45, 7) is 0.455. The zero-order chi connectivity index (χ0) is 9.84. The normalized spacial score (nSPS) is 10.0. The molecule has 13 heavy (non-hydrogen) atoms. The quantitative estimate of drug-likeness (QED) is 0.608. The molecule has 70 valence electrons. The molecule has 0 atom stereocenters. The van der Waals surface area contributed by atoms with Crippen molar-refractivity contribution in [3.05, 3.63) is 38.3 Å². The number of ether oxygens (including phenoxy) is 1. The summed E-state index contributed by atoms with van der Waals surface area (Å²) >= 11 is 3.12. The summed E-state index contributed by atoms with van der Waals surface area (Å²) in [6, 6.07) is 4.81. The Bertz CT molecular complexity index is 327. The Morgan fingerprint density at radius 1 is 1.62 bits per heavy atom. The van der Waals surface area contributed by atoms with E-state index in [1.54, 1.807) is 19.2 Å². The van der Waals surface area contributed by atoms with Crippen molar-refractivity contribution < 1.29 is 9.66 Å². The van der Waals surface area contributed by atoms with Crippen LogP contribution < -0.4 is 0 Å². The van der Waals surface area contributed by atoms with E-state index in [1.807, 2.05) is 0 Å². The number of benzene rings is 1. The third-order valence-corrected chi connectivity index (χ3v) is 2.15. The second-order valence-electron chi connectivity index (χ2n) is 2.48. The fourth-order valence-electron chi connectivity index (χ4n) is 0.955.